The van der Waals surface area contributed by atoms with Crippen LogP contribution in [0.3, 0.4) is 0 Å². The molecule has 0 spiro atoms. The van der Waals surface area contributed by atoms with Gasteiger partial charge in [-0.1, -0.05) is 12.5 Å². The molecular formula is C16H20N4OS. The van der Waals surface area contributed by atoms with E-state index in [1.54, 1.807) is 0 Å². The number of hydrogen-bond donors (Lipinski definition) is 0. The number of carbonyl (C=O) groups is 1. The summed E-state index contributed by atoms with van der Waals surface area (Å²) >= 11 is 1.52. The SMILES string of the molecule is O=C(c1cccs1)N1CCCC1c1nnc2n1CCCCC2. The second-order valence-electron chi connectivity index (χ2n) is 6.07. The number of rotatable bonds is 2. The maximum absolute atomic E-state index is 12.7. The van der Waals surface area contributed by atoms with Crippen LogP contribution in [-0.4, -0.2) is 32.1 Å². The number of carbonyl (C=O) groups excluding carboxylic acids is 1. The lowest BCUT2D eigenvalue weighted by atomic mass is 10.2. The summed E-state index contributed by atoms with van der Waals surface area (Å²) in [5, 5.41) is 10.8. The van der Waals surface area contributed by atoms with Crippen molar-refractivity contribution < 1.29 is 4.79 Å². The quantitative estimate of drug-likeness (QED) is 0.855. The van der Waals surface area contributed by atoms with Crippen LogP contribution in [-0.2, 0) is 13.0 Å². The maximum Gasteiger partial charge on any atom is 0.264 e. The van der Waals surface area contributed by atoms with Gasteiger partial charge in [-0.25, -0.2) is 0 Å². The molecule has 2 aliphatic rings. The average Bonchev–Trinajstić information content (AvgIpc) is 3.24. The zero-order chi connectivity index (χ0) is 14.9. The molecule has 2 aliphatic heterocycles. The Kier molecular flexibility index (Phi) is 3.70. The number of amides is 1. The highest BCUT2D eigenvalue weighted by Crippen LogP contribution is 2.34. The number of fused-ring (bicyclic) bond motifs is 1. The minimum atomic E-state index is 0.0916. The molecule has 4 rings (SSSR count). The van der Waals surface area contributed by atoms with Gasteiger partial charge in [-0.2, -0.15) is 0 Å². The molecule has 1 atom stereocenters. The highest BCUT2D eigenvalue weighted by molar-refractivity contribution is 7.12. The molecule has 116 valence electrons. The van der Waals surface area contributed by atoms with E-state index in [1.165, 1.54) is 30.6 Å². The van der Waals surface area contributed by atoms with Crippen LogP contribution in [0.1, 0.15) is 59.5 Å². The predicted octanol–water partition coefficient (Wildman–Crippen LogP) is 3.04. The number of thiophene rings is 1. The maximum atomic E-state index is 12.7. The predicted molar refractivity (Wildman–Crippen MR) is 84.9 cm³/mol. The molecule has 2 aromatic heterocycles. The Labute approximate surface area is 134 Å². The second kappa shape index (κ2) is 5.83. The van der Waals surface area contributed by atoms with Gasteiger partial charge in [-0.15, -0.1) is 21.5 Å². The fourth-order valence-corrected chi connectivity index (χ4v) is 4.25. The van der Waals surface area contributed by atoms with E-state index in [0.29, 0.717) is 0 Å². The molecule has 0 bridgehead atoms. The molecule has 1 saturated heterocycles. The van der Waals surface area contributed by atoms with Gasteiger partial charge >= 0.3 is 0 Å². The van der Waals surface area contributed by atoms with Crippen molar-refractivity contribution in [3.63, 3.8) is 0 Å². The zero-order valence-corrected chi connectivity index (χ0v) is 13.4. The standard InChI is InChI=1S/C16H20N4OS/c21-16(13-7-5-11-22-13)19-10-4-6-12(19)15-18-17-14-8-2-1-3-9-20(14)15/h5,7,11-12H,1-4,6,8-10H2. The zero-order valence-electron chi connectivity index (χ0n) is 12.6. The summed E-state index contributed by atoms with van der Waals surface area (Å²) in [6, 6.07) is 3.94. The van der Waals surface area contributed by atoms with E-state index in [0.717, 1.165) is 48.9 Å². The number of nitrogens with zero attached hydrogens (tertiary/aromatic N) is 4. The Morgan fingerprint density at radius 2 is 2.14 bits per heavy atom. The number of likely N-dealkylation sites (tertiary alicyclic amines) is 1. The largest absolute Gasteiger partial charge is 0.328 e. The Morgan fingerprint density at radius 1 is 1.18 bits per heavy atom. The lowest BCUT2D eigenvalue weighted by Gasteiger charge is -2.24. The molecule has 2 aromatic rings. The highest BCUT2D eigenvalue weighted by atomic mass is 32.1. The van der Waals surface area contributed by atoms with Crippen LogP contribution in [0, 0.1) is 0 Å². The van der Waals surface area contributed by atoms with E-state index in [1.807, 2.05) is 22.4 Å². The first kappa shape index (κ1) is 13.9. The summed E-state index contributed by atoms with van der Waals surface area (Å²) in [4.78, 5) is 15.5. The third kappa shape index (κ3) is 2.35. The molecule has 0 saturated carbocycles. The van der Waals surface area contributed by atoms with E-state index in [2.05, 4.69) is 14.8 Å². The fourth-order valence-electron chi connectivity index (χ4n) is 3.57. The molecule has 4 heterocycles. The Balaban J connectivity index is 1.64. The normalized spacial score (nSPS) is 21.6. The van der Waals surface area contributed by atoms with Gasteiger partial charge in [0.15, 0.2) is 5.82 Å². The summed E-state index contributed by atoms with van der Waals surface area (Å²) in [6.07, 6.45) is 6.69. The molecule has 5 nitrogen and oxygen atoms in total. The van der Waals surface area contributed by atoms with Gasteiger partial charge < -0.3 is 9.47 Å². The van der Waals surface area contributed by atoms with Crippen LogP contribution >= 0.6 is 11.3 Å². The summed E-state index contributed by atoms with van der Waals surface area (Å²) in [6.45, 7) is 1.82. The minimum absolute atomic E-state index is 0.0916. The molecule has 0 radical (unpaired) electrons. The summed E-state index contributed by atoms with van der Waals surface area (Å²) in [5.41, 5.74) is 0. The van der Waals surface area contributed by atoms with E-state index < -0.39 is 0 Å². The van der Waals surface area contributed by atoms with Gasteiger partial charge in [-0.3, -0.25) is 4.79 Å². The van der Waals surface area contributed by atoms with Crippen LogP contribution < -0.4 is 0 Å². The summed E-state index contributed by atoms with van der Waals surface area (Å²) in [5.74, 6) is 2.24. The number of aromatic nitrogens is 3. The molecular weight excluding hydrogens is 296 g/mol. The average molecular weight is 316 g/mol. The van der Waals surface area contributed by atoms with Gasteiger partial charge in [0.25, 0.3) is 5.91 Å². The Bertz CT molecular complexity index is 664. The first-order chi connectivity index (χ1) is 10.8. The molecule has 1 fully saturated rings. The third-order valence-corrected chi connectivity index (χ3v) is 5.54. The van der Waals surface area contributed by atoms with Gasteiger partial charge in [0, 0.05) is 19.5 Å². The van der Waals surface area contributed by atoms with Crippen molar-refractivity contribution in [2.75, 3.05) is 6.54 Å². The molecule has 22 heavy (non-hydrogen) atoms. The third-order valence-electron chi connectivity index (χ3n) is 4.68. The van der Waals surface area contributed by atoms with Crippen LogP contribution in [0.4, 0.5) is 0 Å². The van der Waals surface area contributed by atoms with Crippen molar-refractivity contribution >= 4 is 17.2 Å². The highest BCUT2D eigenvalue weighted by Gasteiger charge is 2.35. The molecule has 0 aromatic carbocycles. The Hall–Kier alpha value is -1.69. The molecule has 1 amide bonds. The van der Waals surface area contributed by atoms with E-state index in [-0.39, 0.29) is 11.9 Å². The fraction of sp³-hybridized carbons (Fsp3) is 0.562. The van der Waals surface area contributed by atoms with Gasteiger partial charge in [0.2, 0.25) is 0 Å². The van der Waals surface area contributed by atoms with Crippen molar-refractivity contribution in [3.05, 3.63) is 34.0 Å². The van der Waals surface area contributed by atoms with Crippen molar-refractivity contribution in [1.29, 1.82) is 0 Å². The summed E-state index contributed by atoms with van der Waals surface area (Å²) in [7, 11) is 0. The summed E-state index contributed by atoms with van der Waals surface area (Å²) < 4.78 is 2.28. The van der Waals surface area contributed by atoms with Crippen LogP contribution in [0.25, 0.3) is 0 Å². The van der Waals surface area contributed by atoms with Crippen molar-refractivity contribution in [3.8, 4) is 0 Å². The van der Waals surface area contributed by atoms with E-state index in [9.17, 15) is 4.79 Å². The smallest absolute Gasteiger partial charge is 0.264 e. The second-order valence-corrected chi connectivity index (χ2v) is 7.02. The van der Waals surface area contributed by atoms with Gasteiger partial charge in [0.05, 0.1) is 10.9 Å². The van der Waals surface area contributed by atoms with E-state index >= 15 is 0 Å². The Morgan fingerprint density at radius 3 is 3.00 bits per heavy atom. The van der Waals surface area contributed by atoms with Crippen LogP contribution in [0.5, 0.6) is 0 Å². The topological polar surface area (TPSA) is 51.0 Å². The molecule has 1 unspecified atom stereocenters. The minimum Gasteiger partial charge on any atom is -0.328 e. The lowest BCUT2D eigenvalue weighted by Crippen LogP contribution is -2.31. The molecule has 0 aliphatic carbocycles. The van der Waals surface area contributed by atoms with Crippen LogP contribution in [0.2, 0.25) is 0 Å². The first-order valence-corrected chi connectivity index (χ1v) is 8.99. The number of aryl methyl sites for hydroxylation is 1. The van der Waals surface area contributed by atoms with Crippen molar-refractivity contribution in [2.24, 2.45) is 0 Å². The number of hydrogen-bond acceptors (Lipinski definition) is 4. The van der Waals surface area contributed by atoms with Crippen molar-refractivity contribution in [2.45, 2.75) is 51.1 Å². The first-order valence-electron chi connectivity index (χ1n) is 8.11. The lowest BCUT2D eigenvalue weighted by molar-refractivity contribution is 0.0732. The van der Waals surface area contributed by atoms with Gasteiger partial charge in [0.1, 0.15) is 5.82 Å². The van der Waals surface area contributed by atoms with Crippen molar-refractivity contribution in [1.82, 2.24) is 19.7 Å². The molecule has 0 N–H and O–H groups in total. The van der Waals surface area contributed by atoms with E-state index in [4.69, 9.17) is 0 Å². The molecule has 6 heteroatoms. The van der Waals surface area contributed by atoms with Gasteiger partial charge in [-0.05, 0) is 37.1 Å². The van der Waals surface area contributed by atoms with Crippen LogP contribution in [0.15, 0.2) is 17.5 Å². The monoisotopic (exact) mass is 316 g/mol.